The molecule has 3 heteroatoms. The Balaban J connectivity index is 1.99. The quantitative estimate of drug-likeness (QED) is 0.892. The van der Waals surface area contributed by atoms with Crippen molar-refractivity contribution in [2.45, 2.75) is 19.5 Å². The summed E-state index contributed by atoms with van der Waals surface area (Å²) in [6.07, 6.45) is 3.61. The zero-order chi connectivity index (χ0) is 12.1. The van der Waals surface area contributed by atoms with E-state index in [4.69, 9.17) is 11.6 Å². The van der Waals surface area contributed by atoms with Gasteiger partial charge >= 0.3 is 0 Å². The molecule has 0 unspecified atom stereocenters. The van der Waals surface area contributed by atoms with Crippen molar-refractivity contribution in [3.63, 3.8) is 0 Å². The smallest absolute Gasteiger partial charge is 0.0453 e. The lowest BCUT2D eigenvalue weighted by atomic mass is 10.1. The Morgan fingerprint density at radius 3 is 2.59 bits per heavy atom. The summed E-state index contributed by atoms with van der Waals surface area (Å²) >= 11 is 6.15. The van der Waals surface area contributed by atoms with Gasteiger partial charge < -0.3 is 5.32 Å². The minimum Gasteiger partial charge on any atom is -0.306 e. The number of rotatable bonds is 4. The van der Waals surface area contributed by atoms with Crippen molar-refractivity contribution >= 4 is 11.6 Å². The van der Waals surface area contributed by atoms with E-state index in [2.05, 4.69) is 17.2 Å². The average molecular weight is 247 g/mol. The van der Waals surface area contributed by atoms with Crippen molar-refractivity contribution in [3.8, 4) is 0 Å². The van der Waals surface area contributed by atoms with Crippen molar-refractivity contribution in [1.82, 2.24) is 10.3 Å². The van der Waals surface area contributed by atoms with E-state index < -0.39 is 0 Å². The van der Waals surface area contributed by atoms with Crippen LogP contribution < -0.4 is 5.32 Å². The molecule has 0 saturated carbocycles. The first kappa shape index (κ1) is 12.1. The summed E-state index contributed by atoms with van der Waals surface area (Å²) in [6, 6.07) is 12.2. The maximum atomic E-state index is 6.15. The lowest BCUT2D eigenvalue weighted by Crippen LogP contribution is -2.18. The van der Waals surface area contributed by atoms with Crippen LogP contribution in [0.4, 0.5) is 0 Å². The third-order valence-electron chi connectivity index (χ3n) is 2.73. The summed E-state index contributed by atoms with van der Waals surface area (Å²) < 4.78 is 0. The maximum absolute atomic E-state index is 6.15. The Morgan fingerprint density at radius 1 is 1.18 bits per heavy atom. The van der Waals surface area contributed by atoms with Crippen molar-refractivity contribution < 1.29 is 0 Å². The minimum atomic E-state index is 0.233. The largest absolute Gasteiger partial charge is 0.306 e. The van der Waals surface area contributed by atoms with Gasteiger partial charge in [0.25, 0.3) is 0 Å². The van der Waals surface area contributed by atoms with Crippen LogP contribution >= 0.6 is 11.6 Å². The van der Waals surface area contributed by atoms with Gasteiger partial charge in [0, 0.05) is 30.0 Å². The maximum Gasteiger partial charge on any atom is 0.0453 e. The average Bonchev–Trinajstić information content (AvgIpc) is 2.38. The molecule has 0 radical (unpaired) electrons. The number of halogens is 1. The summed E-state index contributed by atoms with van der Waals surface area (Å²) in [5, 5.41) is 4.25. The number of nitrogens with zero attached hydrogens (tertiary/aromatic N) is 1. The van der Waals surface area contributed by atoms with E-state index in [1.807, 2.05) is 36.4 Å². The second-order valence-electron chi connectivity index (χ2n) is 3.98. The van der Waals surface area contributed by atoms with Gasteiger partial charge in [-0.25, -0.2) is 0 Å². The molecule has 2 aromatic rings. The normalized spacial score (nSPS) is 12.4. The number of nitrogens with one attached hydrogen (secondary N) is 1. The highest BCUT2D eigenvalue weighted by Gasteiger charge is 2.07. The number of aromatic nitrogens is 1. The standard InChI is InChI=1S/C14H15ClN2/c1-11(13-4-2-3-5-14(13)15)17-10-12-6-8-16-9-7-12/h2-9,11,17H,10H2,1H3/t11-/m1/s1. The van der Waals surface area contributed by atoms with Gasteiger partial charge in [-0.3, -0.25) is 4.98 Å². The van der Waals surface area contributed by atoms with Crippen LogP contribution in [0.3, 0.4) is 0 Å². The molecule has 0 aliphatic carbocycles. The molecule has 88 valence electrons. The molecule has 1 heterocycles. The van der Waals surface area contributed by atoms with E-state index in [1.165, 1.54) is 5.56 Å². The van der Waals surface area contributed by atoms with E-state index >= 15 is 0 Å². The molecular weight excluding hydrogens is 232 g/mol. The van der Waals surface area contributed by atoms with Gasteiger partial charge in [-0.2, -0.15) is 0 Å². The van der Waals surface area contributed by atoms with Crippen molar-refractivity contribution in [3.05, 3.63) is 64.9 Å². The van der Waals surface area contributed by atoms with Crippen LogP contribution in [0.15, 0.2) is 48.8 Å². The van der Waals surface area contributed by atoms with E-state index in [-0.39, 0.29) is 6.04 Å². The highest BCUT2D eigenvalue weighted by Crippen LogP contribution is 2.22. The molecule has 0 aliphatic heterocycles. The summed E-state index contributed by atoms with van der Waals surface area (Å²) in [5.41, 5.74) is 2.35. The number of hydrogen-bond acceptors (Lipinski definition) is 2. The van der Waals surface area contributed by atoms with Gasteiger partial charge in [0.1, 0.15) is 0 Å². The summed E-state index contributed by atoms with van der Waals surface area (Å²) in [6.45, 7) is 2.93. The molecule has 2 nitrogen and oxygen atoms in total. The SMILES string of the molecule is C[C@@H](NCc1ccncc1)c1ccccc1Cl. The topological polar surface area (TPSA) is 24.9 Å². The fraction of sp³-hybridized carbons (Fsp3) is 0.214. The number of pyridine rings is 1. The Hall–Kier alpha value is -1.38. The third-order valence-corrected chi connectivity index (χ3v) is 3.08. The van der Waals surface area contributed by atoms with Crippen molar-refractivity contribution in [2.75, 3.05) is 0 Å². The zero-order valence-electron chi connectivity index (χ0n) is 9.73. The first-order valence-electron chi connectivity index (χ1n) is 5.64. The Labute approximate surface area is 107 Å². The molecule has 17 heavy (non-hydrogen) atoms. The number of hydrogen-bond donors (Lipinski definition) is 1. The van der Waals surface area contributed by atoms with Gasteiger partial charge in [0.05, 0.1) is 0 Å². The van der Waals surface area contributed by atoms with E-state index in [0.29, 0.717) is 0 Å². The van der Waals surface area contributed by atoms with Crippen molar-refractivity contribution in [1.29, 1.82) is 0 Å². The predicted molar refractivity (Wildman–Crippen MR) is 70.9 cm³/mol. The van der Waals surface area contributed by atoms with Gasteiger partial charge in [-0.1, -0.05) is 29.8 Å². The summed E-state index contributed by atoms with van der Waals surface area (Å²) in [4.78, 5) is 4.00. The molecule has 0 spiro atoms. The second kappa shape index (κ2) is 5.80. The highest BCUT2D eigenvalue weighted by molar-refractivity contribution is 6.31. The van der Waals surface area contributed by atoms with Gasteiger partial charge in [-0.15, -0.1) is 0 Å². The fourth-order valence-electron chi connectivity index (χ4n) is 1.71. The Bertz CT molecular complexity index is 471. The van der Waals surface area contributed by atoms with Crippen LogP contribution in [0.5, 0.6) is 0 Å². The summed E-state index contributed by atoms with van der Waals surface area (Å²) in [7, 11) is 0. The highest BCUT2D eigenvalue weighted by atomic mass is 35.5. The van der Waals surface area contributed by atoms with E-state index in [0.717, 1.165) is 17.1 Å². The van der Waals surface area contributed by atoms with Gasteiger partial charge in [0.2, 0.25) is 0 Å². The van der Waals surface area contributed by atoms with Crippen LogP contribution in [0.1, 0.15) is 24.1 Å². The third kappa shape index (κ3) is 3.29. The Morgan fingerprint density at radius 2 is 1.88 bits per heavy atom. The van der Waals surface area contributed by atoms with Crippen LogP contribution in [0.25, 0.3) is 0 Å². The van der Waals surface area contributed by atoms with E-state index in [9.17, 15) is 0 Å². The second-order valence-corrected chi connectivity index (χ2v) is 4.39. The predicted octanol–water partition coefficient (Wildman–Crippen LogP) is 3.59. The fourth-order valence-corrected chi connectivity index (χ4v) is 2.01. The lowest BCUT2D eigenvalue weighted by molar-refractivity contribution is 0.574. The molecule has 0 fully saturated rings. The molecule has 0 saturated heterocycles. The Kier molecular flexibility index (Phi) is 4.13. The van der Waals surface area contributed by atoms with Crippen LogP contribution in [-0.4, -0.2) is 4.98 Å². The molecule has 1 atom stereocenters. The van der Waals surface area contributed by atoms with Gasteiger partial charge in [0.15, 0.2) is 0 Å². The summed E-state index contributed by atoms with van der Waals surface area (Å²) in [5.74, 6) is 0. The van der Waals surface area contributed by atoms with Gasteiger partial charge in [-0.05, 0) is 36.2 Å². The monoisotopic (exact) mass is 246 g/mol. The molecule has 1 aromatic heterocycles. The van der Waals surface area contributed by atoms with Crippen LogP contribution in [0.2, 0.25) is 5.02 Å². The first-order valence-corrected chi connectivity index (χ1v) is 6.02. The van der Waals surface area contributed by atoms with Crippen molar-refractivity contribution in [2.24, 2.45) is 0 Å². The molecule has 0 bridgehead atoms. The van der Waals surface area contributed by atoms with E-state index in [1.54, 1.807) is 12.4 Å². The molecule has 0 amide bonds. The number of benzene rings is 1. The minimum absolute atomic E-state index is 0.233. The molecule has 2 rings (SSSR count). The van der Waals surface area contributed by atoms with Crippen LogP contribution in [0, 0.1) is 0 Å². The first-order chi connectivity index (χ1) is 8.27. The molecule has 1 aromatic carbocycles. The van der Waals surface area contributed by atoms with Crippen LogP contribution in [-0.2, 0) is 6.54 Å². The lowest BCUT2D eigenvalue weighted by Gasteiger charge is -2.15. The molecular formula is C14H15ClN2. The molecule has 0 aliphatic rings. The molecule has 1 N–H and O–H groups in total. The zero-order valence-corrected chi connectivity index (χ0v) is 10.5.